The zero-order valence-corrected chi connectivity index (χ0v) is 9.44. The first kappa shape index (κ1) is 11.4. The summed E-state index contributed by atoms with van der Waals surface area (Å²) in [6.07, 6.45) is 10.6. The number of nitrogens with one attached hydrogen (secondary N) is 1. The average molecular weight is 196 g/mol. The van der Waals surface area contributed by atoms with Crippen LogP contribution in [0.25, 0.3) is 0 Å². The lowest BCUT2D eigenvalue weighted by molar-refractivity contribution is 0.558. The van der Waals surface area contributed by atoms with E-state index in [-0.39, 0.29) is 0 Å². The lowest BCUT2D eigenvalue weighted by atomic mass is 10.0. The van der Waals surface area contributed by atoms with Crippen LogP contribution in [0.2, 0.25) is 0 Å². The molecular weight excluding hydrogens is 172 g/mol. The number of rotatable bonds is 0. The fourth-order valence-electron chi connectivity index (χ4n) is 1.91. The molecule has 2 nitrogen and oxygen atoms in total. The fourth-order valence-corrected chi connectivity index (χ4v) is 1.91. The first-order valence-electron chi connectivity index (χ1n) is 6.00. The van der Waals surface area contributed by atoms with Crippen molar-refractivity contribution in [2.45, 2.75) is 58.3 Å². The number of hydrogen-bond donors (Lipinski definition) is 2. The molecule has 0 aromatic carbocycles. The van der Waals surface area contributed by atoms with E-state index in [0.29, 0.717) is 0 Å². The van der Waals surface area contributed by atoms with Gasteiger partial charge in [0.05, 0.1) is 5.82 Å². The van der Waals surface area contributed by atoms with Gasteiger partial charge in [-0.05, 0) is 31.8 Å². The van der Waals surface area contributed by atoms with Gasteiger partial charge in [-0.2, -0.15) is 0 Å². The number of nitrogens with two attached hydrogens (primary N) is 1. The van der Waals surface area contributed by atoms with E-state index in [2.05, 4.69) is 12.2 Å². The van der Waals surface area contributed by atoms with Crippen LogP contribution in [0, 0.1) is 0 Å². The van der Waals surface area contributed by atoms with E-state index >= 15 is 0 Å². The Labute approximate surface area is 87.9 Å². The Balaban J connectivity index is 2.37. The predicted molar refractivity (Wildman–Crippen MR) is 61.8 cm³/mol. The molecule has 1 aliphatic heterocycles. The molecular formula is C12H24N2. The SMILES string of the molecule is C/C1=C(\N)NCCCCCCCCC1. The Kier molecular flexibility index (Phi) is 5.50. The Morgan fingerprint density at radius 1 is 0.929 bits per heavy atom. The van der Waals surface area contributed by atoms with E-state index < -0.39 is 0 Å². The van der Waals surface area contributed by atoms with Gasteiger partial charge in [-0.25, -0.2) is 0 Å². The first-order valence-corrected chi connectivity index (χ1v) is 6.00. The highest BCUT2D eigenvalue weighted by atomic mass is 15.0. The van der Waals surface area contributed by atoms with Gasteiger partial charge in [-0.3, -0.25) is 0 Å². The van der Waals surface area contributed by atoms with Crippen LogP contribution in [0.1, 0.15) is 58.3 Å². The maximum Gasteiger partial charge on any atom is 0.0948 e. The van der Waals surface area contributed by atoms with Crippen LogP contribution in [0.5, 0.6) is 0 Å². The minimum Gasteiger partial charge on any atom is -0.386 e. The molecule has 0 unspecified atom stereocenters. The van der Waals surface area contributed by atoms with Gasteiger partial charge >= 0.3 is 0 Å². The third-order valence-corrected chi connectivity index (χ3v) is 3.00. The summed E-state index contributed by atoms with van der Waals surface area (Å²) in [5, 5.41) is 3.31. The molecule has 0 amide bonds. The van der Waals surface area contributed by atoms with Crippen LogP contribution in [-0.2, 0) is 0 Å². The normalized spacial score (nSPS) is 27.2. The van der Waals surface area contributed by atoms with Crippen molar-refractivity contribution in [3.63, 3.8) is 0 Å². The second kappa shape index (κ2) is 6.74. The smallest absolute Gasteiger partial charge is 0.0948 e. The fraction of sp³-hybridized carbons (Fsp3) is 0.833. The maximum absolute atomic E-state index is 5.93. The molecule has 2 heteroatoms. The Bertz CT molecular complexity index is 165. The topological polar surface area (TPSA) is 38.0 Å². The monoisotopic (exact) mass is 196 g/mol. The second-order valence-electron chi connectivity index (χ2n) is 4.35. The molecule has 0 radical (unpaired) electrons. The summed E-state index contributed by atoms with van der Waals surface area (Å²) in [7, 11) is 0. The van der Waals surface area contributed by atoms with Crippen molar-refractivity contribution in [3.8, 4) is 0 Å². The summed E-state index contributed by atoms with van der Waals surface area (Å²) in [5.74, 6) is 0.922. The molecule has 0 aliphatic carbocycles. The second-order valence-corrected chi connectivity index (χ2v) is 4.35. The molecule has 0 bridgehead atoms. The van der Waals surface area contributed by atoms with Crippen LogP contribution < -0.4 is 11.1 Å². The van der Waals surface area contributed by atoms with Gasteiger partial charge in [-0.15, -0.1) is 0 Å². The van der Waals surface area contributed by atoms with Crippen molar-refractivity contribution in [3.05, 3.63) is 11.4 Å². The van der Waals surface area contributed by atoms with Gasteiger partial charge in [0.2, 0.25) is 0 Å². The van der Waals surface area contributed by atoms with Crippen molar-refractivity contribution in [2.75, 3.05) is 6.54 Å². The van der Waals surface area contributed by atoms with Crippen molar-refractivity contribution in [1.82, 2.24) is 5.32 Å². The minimum absolute atomic E-state index is 0.922. The van der Waals surface area contributed by atoms with Crippen molar-refractivity contribution >= 4 is 0 Å². The highest BCUT2D eigenvalue weighted by Gasteiger charge is 2.00. The van der Waals surface area contributed by atoms with Crippen molar-refractivity contribution in [2.24, 2.45) is 5.73 Å². The molecule has 0 aromatic rings. The summed E-state index contributed by atoms with van der Waals surface area (Å²) in [4.78, 5) is 0. The van der Waals surface area contributed by atoms with Gasteiger partial charge < -0.3 is 11.1 Å². The van der Waals surface area contributed by atoms with E-state index in [9.17, 15) is 0 Å². The molecule has 0 spiro atoms. The highest BCUT2D eigenvalue weighted by molar-refractivity contribution is 5.06. The van der Waals surface area contributed by atoms with Crippen molar-refractivity contribution < 1.29 is 0 Å². The molecule has 0 fully saturated rings. The maximum atomic E-state index is 5.93. The largest absolute Gasteiger partial charge is 0.386 e. The van der Waals surface area contributed by atoms with Gasteiger partial charge in [0, 0.05) is 6.54 Å². The molecule has 14 heavy (non-hydrogen) atoms. The number of hydrogen-bond acceptors (Lipinski definition) is 2. The lowest BCUT2D eigenvalue weighted by Crippen LogP contribution is -2.23. The standard InChI is InChI=1S/C12H24N2/c1-11-9-7-5-3-2-4-6-8-10-14-12(11)13/h14H,2-10,13H2,1H3/b12-11-. The first-order chi connectivity index (χ1) is 6.80. The van der Waals surface area contributed by atoms with E-state index in [1.165, 1.54) is 56.9 Å². The van der Waals surface area contributed by atoms with Crippen LogP contribution in [-0.4, -0.2) is 6.54 Å². The van der Waals surface area contributed by atoms with E-state index in [4.69, 9.17) is 5.73 Å². The lowest BCUT2D eigenvalue weighted by Gasteiger charge is -2.12. The Morgan fingerprint density at radius 3 is 2.21 bits per heavy atom. The Morgan fingerprint density at radius 2 is 1.50 bits per heavy atom. The zero-order valence-electron chi connectivity index (χ0n) is 9.44. The quantitative estimate of drug-likeness (QED) is 0.625. The molecule has 0 atom stereocenters. The predicted octanol–water partition coefficient (Wildman–Crippen LogP) is 2.90. The molecule has 0 saturated heterocycles. The molecule has 1 heterocycles. The molecule has 3 N–H and O–H groups in total. The highest BCUT2D eigenvalue weighted by Crippen LogP contribution is 2.13. The van der Waals surface area contributed by atoms with Crippen molar-refractivity contribution in [1.29, 1.82) is 0 Å². The summed E-state index contributed by atoms with van der Waals surface area (Å²) in [5.41, 5.74) is 7.27. The number of allylic oxidation sites excluding steroid dienone is 1. The third-order valence-electron chi connectivity index (χ3n) is 3.00. The molecule has 82 valence electrons. The van der Waals surface area contributed by atoms with E-state index in [1.54, 1.807) is 0 Å². The van der Waals surface area contributed by atoms with Gasteiger partial charge in [-0.1, -0.05) is 32.1 Å². The molecule has 0 aromatic heterocycles. The average Bonchev–Trinajstić information content (AvgIpc) is 2.18. The summed E-state index contributed by atoms with van der Waals surface area (Å²) >= 11 is 0. The summed E-state index contributed by atoms with van der Waals surface area (Å²) < 4.78 is 0. The van der Waals surface area contributed by atoms with Gasteiger partial charge in [0.25, 0.3) is 0 Å². The zero-order chi connectivity index (χ0) is 10.2. The van der Waals surface area contributed by atoms with Crippen LogP contribution in [0.3, 0.4) is 0 Å². The van der Waals surface area contributed by atoms with Crippen LogP contribution in [0.4, 0.5) is 0 Å². The van der Waals surface area contributed by atoms with Crippen LogP contribution >= 0.6 is 0 Å². The molecule has 1 rings (SSSR count). The molecule has 1 aliphatic rings. The Hall–Kier alpha value is -0.660. The summed E-state index contributed by atoms with van der Waals surface area (Å²) in [6.45, 7) is 3.19. The minimum atomic E-state index is 0.922. The summed E-state index contributed by atoms with van der Waals surface area (Å²) in [6, 6.07) is 0. The molecule has 0 saturated carbocycles. The third kappa shape index (κ3) is 4.54. The van der Waals surface area contributed by atoms with E-state index in [1.807, 2.05) is 0 Å². The van der Waals surface area contributed by atoms with E-state index in [0.717, 1.165) is 12.4 Å². The van der Waals surface area contributed by atoms with Gasteiger partial charge in [0.15, 0.2) is 0 Å². The van der Waals surface area contributed by atoms with Gasteiger partial charge in [0.1, 0.15) is 0 Å². The van der Waals surface area contributed by atoms with Crippen LogP contribution in [0.15, 0.2) is 11.4 Å².